The number of halogens is 4. The van der Waals surface area contributed by atoms with Crippen molar-refractivity contribution in [3.8, 4) is 0 Å². The second-order valence-electron chi connectivity index (χ2n) is 4.94. The zero-order chi connectivity index (χ0) is 17.0. The van der Waals surface area contributed by atoms with E-state index < -0.39 is 23.5 Å². The van der Waals surface area contributed by atoms with Crippen LogP contribution in [0.25, 0.3) is 0 Å². The fourth-order valence-corrected chi connectivity index (χ4v) is 1.84. The molecule has 2 aromatic rings. The summed E-state index contributed by atoms with van der Waals surface area (Å²) in [6.45, 7) is 1.45. The molecule has 3 nitrogen and oxygen atoms in total. The number of hydrogen-bond donors (Lipinski definition) is 2. The molecule has 0 heterocycles. The van der Waals surface area contributed by atoms with Gasteiger partial charge in [-0.05, 0) is 48.9 Å². The summed E-state index contributed by atoms with van der Waals surface area (Å²) in [4.78, 5) is 11.7. The van der Waals surface area contributed by atoms with Crippen molar-refractivity contribution in [3.63, 3.8) is 0 Å². The van der Waals surface area contributed by atoms with Crippen LogP contribution in [0.4, 0.5) is 28.9 Å². The molecule has 0 aliphatic rings. The van der Waals surface area contributed by atoms with Gasteiger partial charge in [-0.25, -0.2) is 4.39 Å². The standard InChI is InChI=1S/C16H14F4N2O/c1-10-2-5-13(8-14(10)17)22-15(23)9-21-12-6-3-11(4-7-12)16(18,19)20/h2-8,21H,9H2,1H3,(H,22,23). The molecule has 0 aliphatic carbocycles. The number of alkyl halides is 3. The van der Waals surface area contributed by atoms with E-state index in [4.69, 9.17) is 0 Å². The molecule has 0 spiro atoms. The maximum absolute atomic E-state index is 13.4. The molecule has 23 heavy (non-hydrogen) atoms. The third kappa shape index (κ3) is 4.70. The molecule has 0 saturated carbocycles. The number of nitrogens with one attached hydrogen (secondary N) is 2. The molecule has 7 heteroatoms. The summed E-state index contributed by atoms with van der Waals surface area (Å²) < 4.78 is 50.6. The SMILES string of the molecule is Cc1ccc(NC(=O)CNc2ccc(C(F)(F)F)cc2)cc1F. The van der Waals surface area contributed by atoms with Crippen molar-refractivity contribution < 1.29 is 22.4 Å². The van der Waals surface area contributed by atoms with E-state index >= 15 is 0 Å². The smallest absolute Gasteiger partial charge is 0.376 e. The minimum Gasteiger partial charge on any atom is -0.376 e. The van der Waals surface area contributed by atoms with Gasteiger partial charge in [0.2, 0.25) is 5.91 Å². The highest BCUT2D eigenvalue weighted by atomic mass is 19.4. The summed E-state index contributed by atoms with van der Waals surface area (Å²) in [6, 6.07) is 8.63. The zero-order valence-corrected chi connectivity index (χ0v) is 12.2. The Morgan fingerprint density at radius 2 is 1.65 bits per heavy atom. The van der Waals surface area contributed by atoms with Gasteiger partial charge in [0.15, 0.2) is 0 Å². The van der Waals surface area contributed by atoms with E-state index in [1.165, 1.54) is 24.3 Å². The molecule has 0 bridgehead atoms. The monoisotopic (exact) mass is 326 g/mol. The molecule has 0 aromatic heterocycles. The Hall–Kier alpha value is -2.57. The average molecular weight is 326 g/mol. The number of carbonyl (C=O) groups excluding carboxylic acids is 1. The lowest BCUT2D eigenvalue weighted by atomic mass is 10.2. The van der Waals surface area contributed by atoms with Gasteiger partial charge in [0.1, 0.15) is 5.82 Å². The predicted octanol–water partition coefficient (Wildman–Crippen LogP) is 4.20. The van der Waals surface area contributed by atoms with Crippen LogP contribution < -0.4 is 10.6 Å². The number of carbonyl (C=O) groups is 1. The molecule has 2 aromatic carbocycles. The van der Waals surface area contributed by atoms with Gasteiger partial charge in [-0.3, -0.25) is 4.79 Å². The van der Waals surface area contributed by atoms with Crippen molar-refractivity contribution in [2.45, 2.75) is 13.1 Å². The Morgan fingerprint density at radius 3 is 2.22 bits per heavy atom. The van der Waals surface area contributed by atoms with Crippen molar-refractivity contribution in [1.82, 2.24) is 0 Å². The molecule has 0 aliphatic heterocycles. The maximum Gasteiger partial charge on any atom is 0.416 e. The van der Waals surface area contributed by atoms with Crippen LogP contribution in [0.15, 0.2) is 42.5 Å². The summed E-state index contributed by atoms with van der Waals surface area (Å²) in [5.74, 6) is -0.869. The van der Waals surface area contributed by atoms with Gasteiger partial charge in [0.25, 0.3) is 0 Å². The normalized spacial score (nSPS) is 11.2. The van der Waals surface area contributed by atoms with Crippen LogP contribution in [-0.4, -0.2) is 12.5 Å². The van der Waals surface area contributed by atoms with Crippen molar-refractivity contribution in [2.24, 2.45) is 0 Å². The van der Waals surface area contributed by atoms with Gasteiger partial charge in [0, 0.05) is 11.4 Å². The Morgan fingerprint density at radius 1 is 1.04 bits per heavy atom. The zero-order valence-electron chi connectivity index (χ0n) is 12.2. The highest BCUT2D eigenvalue weighted by Crippen LogP contribution is 2.29. The fourth-order valence-electron chi connectivity index (χ4n) is 1.84. The summed E-state index contributed by atoms with van der Waals surface area (Å²) in [7, 11) is 0. The topological polar surface area (TPSA) is 41.1 Å². The summed E-state index contributed by atoms with van der Waals surface area (Å²) in [6.07, 6.45) is -4.40. The number of amides is 1. The first-order chi connectivity index (χ1) is 10.8. The molecular weight excluding hydrogens is 312 g/mol. The molecule has 2 N–H and O–H groups in total. The summed E-state index contributed by atoms with van der Waals surface area (Å²) in [5, 5.41) is 5.19. The quantitative estimate of drug-likeness (QED) is 0.827. The Labute approximate surface area is 130 Å². The van der Waals surface area contributed by atoms with Crippen LogP contribution in [0, 0.1) is 12.7 Å². The minimum absolute atomic E-state index is 0.152. The van der Waals surface area contributed by atoms with Gasteiger partial charge >= 0.3 is 6.18 Å². The first kappa shape index (κ1) is 16.8. The van der Waals surface area contributed by atoms with E-state index in [0.29, 0.717) is 16.9 Å². The number of anilines is 2. The molecule has 1 amide bonds. The molecule has 0 atom stereocenters. The Kier molecular flexibility index (Phi) is 4.88. The van der Waals surface area contributed by atoms with E-state index in [-0.39, 0.29) is 6.54 Å². The van der Waals surface area contributed by atoms with Crippen molar-refractivity contribution in [3.05, 3.63) is 59.4 Å². The summed E-state index contributed by atoms with van der Waals surface area (Å²) in [5.41, 5.74) is 0.393. The molecule has 0 saturated heterocycles. The van der Waals surface area contributed by atoms with E-state index in [2.05, 4.69) is 10.6 Å². The van der Waals surface area contributed by atoms with Crippen LogP contribution >= 0.6 is 0 Å². The average Bonchev–Trinajstić information content (AvgIpc) is 2.48. The van der Waals surface area contributed by atoms with E-state index in [9.17, 15) is 22.4 Å². The lowest BCUT2D eigenvalue weighted by molar-refractivity contribution is -0.137. The Balaban J connectivity index is 1.90. The largest absolute Gasteiger partial charge is 0.416 e. The van der Waals surface area contributed by atoms with Gasteiger partial charge in [0.05, 0.1) is 12.1 Å². The predicted molar refractivity (Wildman–Crippen MR) is 79.7 cm³/mol. The van der Waals surface area contributed by atoms with Crippen LogP contribution in [0.1, 0.15) is 11.1 Å². The fraction of sp³-hybridized carbons (Fsp3) is 0.188. The first-order valence-electron chi connectivity index (χ1n) is 6.73. The lowest BCUT2D eigenvalue weighted by Gasteiger charge is -2.10. The van der Waals surface area contributed by atoms with Gasteiger partial charge in [-0.15, -0.1) is 0 Å². The van der Waals surface area contributed by atoms with Crippen LogP contribution in [0.5, 0.6) is 0 Å². The molecule has 0 fully saturated rings. The van der Waals surface area contributed by atoms with Crippen molar-refractivity contribution >= 4 is 17.3 Å². The van der Waals surface area contributed by atoms with Crippen molar-refractivity contribution in [2.75, 3.05) is 17.2 Å². The van der Waals surface area contributed by atoms with E-state index in [0.717, 1.165) is 12.1 Å². The number of rotatable bonds is 4. The second-order valence-corrected chi connectivity index (χ2v) is 4.94. The van der Waals surface area contributed by atoms with Crippen LogP contribution in [-0.2, 0) is 11.0 Å². The third-order valence-corrected chi connectivity index (χ3v) is 3.12. The Bertz CT molecular complexity index is 696. The number of hydrogen-bond acceptors (Lipinski definition) is 2. The van der Waals surface area contributed by atoms with Gasteiger partial charge in [-0.2, -0.15) is 13.2 Å². The maximum atomic E-state index is 13.4. The minimum atomic E-state index is -4.40. The summed E-state index contributed by atoms with van der Waals surface area (Å²) >= 11 is 0. The first-order valence-corrected chi connectivity index (χ1v) is 6.73. The number of benzene rings is 2. The molecular formula is C16H14F4N2O. The van der Waals surface area contributed by atoms with Gasteiger partial charge in [-0.1, -0.05) is 6.07 Å². The highest BCUT2D eigenvalue weighted by Gasteiger charge is 2.29. The molecule has 122 valence electrons. The molecule has 0 radical (unpaired) electrons. The van der Waals surface area contributed by atoms with E-state index in [1.807, 2.05) is 0 Å². The number of aryl methyl sites for hydroxylation is 1. The molecule has 2 rings (SSSR count). The lowest BCUT2D eigenvalue weighted by Crippen LogP contribution is -2.21. The van der Waals surface area contributed by atoms with Crippen LogP contribution in [0.3, 0.4) is 0 Å². The van der Waals surface area contributed by atoms with Crippen LogP contribution in [0.2, 0.25) is 0 Å². The van der Waals surface area contributed by atoms with E-state index in [1.54, 1.807) is 13.0 Å². The highest BCUT2D eigenvalue weighted by molar-refractivity contribution is 5.93. The molecule has 0 unspecified atom stereocenters. The van der Waals surface area contributed by atoms with Gasteiger partial charge < -0.3 is 10.6 Å². The third-order valence-electron chi connectivity index (χ3n) is 3.12. The second kappa shape index (κ2) is 6.68. The van der Waals surface area contributed by atoms with Crippen molar-refractivity contribution in [1.29, 1.82) is 0 Å².